The predicted molar refractivity (Wildman–Crippen MR) is 135 cm³/mol. The summed E-state index contributed by atoms with van der Waals surface area (Å²) in [5.41, 5.74) is 2.68. The third-order valence-electron chi connectivity index (χ3n) is 5.82. The minimum absolute atomic E-state index is 0.257. The Hall–Kier alpha value is -2.90. The van der Waals surface area contributed by atoms with E-state index in [1.165, 1.54) is 6.42 Å². The van der Waals surface area contributed by atoms with Gasteiger partial charge >= 0.3 is 209 Å². The fourth-order valence-electron chi connectivity index (χ4n) is 4.15. The first kappa shape index (κ1) is 22.9. The average Bonchev–Trinajstić information content (AvgIpc) is 3.18. The standard InChI is InChI=1S/C24H24AsN5O3S/c1-33-19-6-2-4-15-7-8-18(27-21(15)19)13-25-16-5-3-11-30(14-16)23-26-10-9-17(28-23)12-20-22(31)29-24(32)34-20/h2,4,6-10,12,16,25H,3,5,11,13-14H2,1H3,(H,29,31,32)/b20-12+. The third-order valence-corrected chi connectivity index (χ3v) is 10.0. The molecule has 0 bridgehead atoms. The monoisotopic (exact) mass is 537 g/mol. The van der Waals surface area contributed by atoms with Crippen molar-refractivity contribution in [2.75, 3.05) is 25.1 Å². The van der Waals surface area contributed by atoms with Crippen LogP contribution in [0.5, 0.6) is 5.75 Å². The van der Waals surface area contributed by atoms with Crippen molar-refractivity contribution in [3.05, 3.63) is 58.9 Å². The molecule has 1 aromatic carbocycles. The second-order valence-corrected chi connectivity index (χ2v) is 12.5. The molecule has 0 spiro atoms. The normalized spacial score (nSPS) is 20.0. The number of piperidine rings is 1. The van der Waals surface area contributed by atoms with Crippen molar-refractivity contribution in [3.63, 3.8) is 0 Å². The first-order valence-corrected chi connectivity index (χ1v) is 14.6. The summed E-state index contributed by atoms with van der Waals surface area (Å²) in [6.45, 7) is 1.85. The van der Waals surface area contributed by atoms with Crippen LogP contribution in [0.4, 0.5) is 10.7 Å². The van der Waals surface area contributed by atoms with Crippen LogP contribution in [0.1, 0.15) is 24.2 Å². The molecule has 2 aromatic heterocycles. The average molecular weight is 537 g/mol. The van der Waals surface area contributed by atoms with Crippen molar-refractivity contribution in [1.29, 1.82) is 0 Å². The minimum atomic E-state index is -0.376. The van der Waals surface area contributed by atoms with Gasteiger partial charge in [-0.25, -0.2) is 0 Å². The molecule has 2 aliphatic heterocycles. The Kier molecular flexibility index (Phi) is 6.83. The number of anilines is 1. The van der Waals surface area contributed by atoms with Crippen molar-refractivity contribution >= 4 is 61.6 Å². The van der Waals surface area contributed by atoms with Gasteiger partial charge in [0, 0.05) is 0 Å². The van der Waals surface area contributed by atoms with Crippen LogP contribution in [-0.4, -0.2) is 62.0 Å². The summed E-state index contributed by atoms with van der Waals surface area (Å²) in [6, 6.07) is 12.0. The number of para-hydroxylation sites is 1. The zero-order chi connectivity index (χ0) is 23.5. The number of hydrogen-bond acceptors (Lipinski definition) is 8. The van der Waals surface area contributed by atoms with Crippen LogP contribution in [0.25, 0.3) is 17.0 Å². The van der Waals surface area contributed by atoms with E-state index in [2.05, 4.69) is 38.4 Å². The van der Waals surface area contributed by atoms with E-state index < -0.39 is 0 Å². The molecule has 2 amide bonds. The molecular weight excluding hydrogens is 513 g/mol. The summed E-state index contributed by atoms with van der Waals surface area (Å²) in [4.78, 5) is 39.8. The molecule has 174 valence electrons. The number of ether oxygens (including phenoxy) is 1. The molecule has 2 saturated heterocycles. The molecule has 3 aromatic rings. The van der Waals surface area contributed by atoms with Gasteiger partial charge in [-0.3, -0.25) is 0 Å². The number of amides is 2. The molecule has 8 nitrogen and oxygen atoms in total. The number of nitrogens with one attached hydrogen (secondary N) is 1. The van der Waals surface area contributed by atoms with E-state index in [0.29, 0.717) is 21.3 Å². The predicted octanol–water partition coefficient (Wildman–Crippen LogP) is 3.38. The Morgan fingerprint density at radius 3 is 2.97 bits per heavy atom. The van der Waals surface area contributed by atoms with Gasteiger partial charge in [-0.15, -0.1) is 0 Å². The number of fused-ring (bicyclic) bond motifs is 1. The van der Waals surface area contributed by atoms with E-state index in [9.17, 15) is 9.59 Å². The molecule has 0 saturated carbocycles. The molecule has 10 heteroatoms. The maximum absolute atomic E-state index is 11.8. The fraction of sp³-hybridized carbons (Fsp3) is 0.292. The molecule has 2 fully saturated rings. The number of carbonyl (C=O) groups is 2. The van der Waals surface area contributed by atoms with E-state index in [0.717, 1.165) is 58.8 Å². The molecule has 34 heavy (non-hydrogen) atoms. The summed E-state index contributed by atoms with van der Waals surface area (Å²) >= 11 is 0.639. The maximum atomic E-state index is 11.8. The number of imide groups is 1. The Bertz CT molecular complexity index is 1280. The molecular formula is C24H24AsN5O3S. The second kappa shape index (κ2) is 10.2. The molecule has 0 aliphatic carbocycles. The van der Waals surface area contributed by atoms with E-state index in [-0.39, 0.29) is 26.9 Å². The number of thioether (sulfide) groups is 1. The Labute approximate surface area is 208 Å². The number of pyridine rings is 1. The van der Waals surface area contributed by atoms with Gasteiger partial charge in [0.25, 0.3) is 0 Å². The number of rotatable bonds is 6. The molecule has 5 rings (SSSR count). The van der Waals surface area contributed by atoms with Gasteiger partial charge in [-0.2, -0.15) is 0 Å². The van der Waals surface area contributed by atoms with E-state index >= 15 is 0 Å². The number of carbonyl (C=O) groups excluding carboxylic acids is 2. The summed E-state index contributed by atoms with van der Waals surface area (Å²) in [5.74, 6) is 1.11. The van der Waals surface area contributed by atoms with Crippen LogP contribution < -0.4 is 15.0 Å². The third kappa shape index (κ3) is 5.10. The first-order chi connectivity index (χ1) is 16.6. The number of aromatic nitrogens is 3. The van der Waals surface area contributed by atoms with E-state index in [1.54, 1.807) is 25.4 Å². The number of methoxy groups -OCH3 is 1. The Morgan fingerprint density at radius 2 is 2.15 bits per heavy atom. The van der Waals surface area contributed by atoms with Gasteiger partial charge in [0.05, 0.1) is 0 Å². The fourth-order valence-corrected chi connectivity index (χ4v) is 7.86. The zero-order valence-corrected chi connectivity index (χ0v) is 21.6. The molecule has 1 N–H and O–H groups in total. The quantitative estimate of drug-likeness (QED) is 0.378. The molecule has 2 aliphatic rings. The van der Waals surface area contributed by atoms with E-state index in [4.69, 9.17) is 9.72 Å². The van der Waals surface area contributed by atoms with Gasteiger partial charge < -0.3 is 0 Å². The van der Waals surface area contributed by atoms with Crippen molar-refractivity contribution < 1.29 is 14.3 Å². The Morgan fingerprint density at radius 1 is 1.24 bits per heavy atom. The van der Waals surface area contributed by atoms with Gasteiger partial charge in [-0.05, 0) is 0 Å². The van der Waals surface area contributed by atoms with Crippen molar-refractivity contribution in [3.8, 4) is 5.75 Å². The van der Waals surface area contributed by atoms with Crippen molar-refractivity contribution in [1.82, 2.24) is 20.3 Å². The van der Waals surface area contributed by atoms with Gasteiger partial charge in [0.15, 0.2) is 0 Å². The van der Waals surface area contributed by atoms with Gasteiger partial charge in [-0.1, -0.05) is 0 Å². The summed E-state index contributed by atoms with van der Waals surface area (Å²) in [7, 11) is 1.68. The molecule has 4 heterocycles. The van der Waals surface area contributed by atoms with Crippen LogP contribution in [0, 0.1) is 0 Å². The number of benzene rings is 1. The first-order valence-electron chi connectivity index (χ1n) is 11.1. The molecule has 0 radical (unpaired) electrons. The van der Waals surface area contributed by atoms with Crippen LogP contribution in [0.3, 0.4) is 0 Å². The van der Waals surface area contributed by atoms with Crippen LogP contribution >= 0.6 is 11.8 Å². The van der Waals surface area contributed by atoms with Crippen molar-refractivity contribution in [2.24, 2.45) is 0 Å². The van der Waals surface area contributed by atoms with Gasteiger partial charge in [0.2, 0.25) is 0 Å². The zero-order valence-electron chi connectivity index (χ0n) is 18.7. The summed E-state index contributed by atoms with van der Waals surface area (Å²) in [5, 5.41) is 4.04. The van der Waals surface area contributed by atoms with Crippen molar-refractivity contribution in [2.45, 2.75) is 22.8 Å². The second-order valence-electron chi connectivity index (χ2n) is 8.13. The SMILES string of the molecule is COc1cccc2ccc(C[AsH]C3CCCN(c4nccc(/C=C5/SC(=O)NC5=O)n4)C3)nc12. The topological polar surface area (TPSA) is 97.3 Å². The molecule has 2 atom stereocenters. The van der Waals surface area contributed by atoms with E-state index in [1.807, 2.05) is 12.1 Å². The van der Waals surface area contributed by atoms with Crippen LogP contribution in [0.2, 0.25) is 4.71 Å². The van der Waals surface area contributed by atoms with Gasteiger partial charge in [0.1, 0.15) is 0 Å². The summed E-state index contributed by atoms with van der Waals surface area (Å²) in [6.07, 6.45) is 5.68. The summed E-state index contributed by atoms with van der Waals surface area (Å²) < 4.78 is 6.13. The number of nitrogens with zero attached hydrogens (tertiary/aromatic N) is 4. The Balaban J connectivity index is 1.25. The van der Waals surface area contributed by atoms with Crippen LogP contribution in [0.15, 0.2) is 47.5 Å². The molecule has 2 unspecified atom stereocenters. The van der Waals surface area contributed by atoms with Crippen LogP contribution in [-0.2, 0) is 10.0 Å². The number of hydrogen-bond donors (Lipinski definition) is 1.